The first kappa shape index (κ1) is 15.9. The summed E-state index contributed by atoms with van der Waals surface area (Å²) in [5.74, 6) is 0. The van der Waals surface area contributed by atoms with Gasteiger partial charge in [-0.3, -0.25) is 0 Å². The molecule has 0 amide bonds. The van der Waals surface area contributed by atoms with Crippen LogP contribution in [-0.4, -0.2) is 39.9 Å². The summed E-state index contributed by atoms with van der Waals surface area (Å²) in [5.41, 5.74) is 6.36. The first-order valence-corrected chi connectivity index (χ1v) is 7.89. The predicted molar refractivity (Wildman–Crippen MR) is 78.7 cm³/mol. The molecule has 1 rings (SSSR count). The zero-order chi connectivity index (χ0) is 14.3. The van der Waals surface area contributed by atoms with Crippen LogP contribution in [0.25, 0.3) is 0 Å². The Morgan fingerprint density at radius 3 is 2.26 bits per heavy atom. The molecular formula is C13H23N3O2S. The molecule has 1 aromatic carbocycles. The van der Waals surface area contributed by atoms with Crippen molar-refractivity contribution in [3.8, 4) is 0 Å². The van der Waals surface area contributed by atoms with E-state index in [0.29, 0.717) is 4.90 Å². The number of nitrogens with two attached hydrogens (primary N) is 1. The van der Waals surface area contributed by atoms with Gasteiger partial charge in [0.05, 0.1) is 4.90 Å². The number of hydrogen-bond donors (Lipinski definition) is 2. The van der Waals surface area contributed by atoms with Crippen LogP contribution in [0.2, 0.25) is 0 Å². The third kappa shape index (κ3) is 4.81. The lowest BCUT2D eigenvalue weighted by Crippen LogP contribution is -2.22. The van der Waals surface area contributed by atoms with Crippen molar-refractivity contribution < 1.29 is 8.42 Å². The van der Waals surface area contributed by atoms with E-state index in [2.05, 4.69) is 5.32 Å². The zero-order valence-corrected chi connectivity index (χ0v) is 12.4. The molecule has 6 heteroatoms. The summed E-state index contributed by atoms with van der Waals surface area (Å²) in [6.45, 7) is 1.61. The number of benzene rings is 1. The smallest absolute Gasteiger partial charge is 0.242 e. The zero-order valence-electron chi connectivity index (χ0n) is 11.6. The van der Waals surface area contributed by atoms with E-state index < -0.39 is 10.0 Å². The molecule has 0 aliphatic carbocycles. The number of unbranched alkanes of at least 4 members (excludes halogenated alkanes) is 2. The standard InChI is InChI=1S/C13H23N3O2S/c1-16(2)19(17,18)13-8-6-12(7-9-13)15-11-5-3-4-10-14/h6-9,15H,3-5,10-11,14H2,1-2H3. The summed E-state index contributed by atoms with van der Waals surface area (Å²) in [5, 5.41) is 3.26. The minimum Gasteiger partial charge on any atom is -0.385 e. The summed E-state index contributed by atoms with van der Waals surface area (Å²) in [6, 6.07) is 6.83. The Morgan fingerprint density at radius 1 is 1.11 bits per heavy atom. The van der Waals surface area contributed by atoms with Gasteiger partial charge in [0.2, 0.25) is 10.0 Å². The molecular weight excluding hydrogens is 262 g/mol. The van der Waals surface area contributed by atoms with Crippen molar-refractivity contribution >= 4 is 15.7 Å². The molecule has 0 aromatic heterocycles. The Balaban J connectivity index is 2.53. The monoisotopic (exact) mass is 285 g/mol. The number of sulfonamides is 1. The summed E-state index contributed by atoms with van der Waals surface area (Å²) in [4.78, 5) is 0.311. The Kier molecular flexibility index (Phi) is 6.27. The fourth-order valence-corrected chi connectivity index (χ4v) is 2.54. The van der Waals surface area contributed by atoms with Crippen LogP contribution in [0.4, 0.5) is 5.69 Å². The van der Waals surface area contributed by atoms with Crippen molar-refractivity contribution in [1.29, 1.82) is 0 Å². The molecule has 3 N–H and O–H groups in total. The van der Waals surface area contributed by atoms with Crippen molar-refractivity contribution in [3.63, 3.8) is 0 Å². The van der Waals surface area contributed by atoms with Crippen molar-refractivity contribution in [3.05, 3.63) is 24.3 Å². The maximum Gasteiger partial charge on any atom is 0.242 e. The predicted octanol–water partition coefficient (Wildman–Crippen LogP) is 1.48. The Hall–Kier alpha value is -1.11. The Morgan fingerprint density at radius 2 is 1.74 bits per heavy atom. The minimum atomic E-state index is -3.33. The van der Waals surface area contributed by atoms with E-state index in [1.54, 1.807) is 24.3 Å². The van der Waals surface area contributed by atoms with E-state index in [4.69, 9.17) is 5.73 Å². The molecule has 0 heterocycles. The molecule has 5 nitrogen and oxygen atoms in total. The maximum atomic E-state index is 11.9. The highest BCUT2D eigenvalue weighted by Crippen LogP contribution is 2.16. The van der Waals surface area contributed by atoms with Crippen LogP contribution >= 0.6 is 0 Å². The van der Waals surface area contributed by atoms with Gasteiger partial charge in [0, 0.05) is 26.3 Å². The van der Waals surface area contributed by atoms with Gasteiger partial charge in [-0.1, -0.05) is 6.42 Å². The van der Waals surface area contributed by atoms with Gasteiger partial charge < -0.3 is 11.1 Å². The number of hydrogen-bond acceptors (Lipinski definition) is 4. The molecule has 19 heavy (non-hydrogen) atoms. The van der Waals surface area contributed by atoms with Gasteiger partial charge in [-0.05, 0) is 43.7 Å². The van der Waals surface area contributed by atoms with E-state index in [9.17, 15) is 8.42 Å². The van der Waals surface area contributed by atoms with Crippen LogP contribution in [0.1, 0.15) is 19.3 Å². The average molecular weight is 285 g/mol. The second kappa shape index (κ2) is 7.47. The van der Waals surface area contributed by atoms with Crippen molar-refractivity contribution in [1.82, 2.24) is 4.31 Å². The van der Waals surface area contributed by atoms with Crippen molar-refractivity contribution in [2.45, 2.75) is 24.2 Å². The number of rotatable bonds is 8. The highest BCUT2D eigenvalue weighted by molar-refractivity contribution is 7.89. The van der Waals surface area contributed by atoms with Crippen LogP contribution in [0, 0.1) is 0 Å². The second-order valence-corrected chi connectivity index (χ2v) is 6.74. The quantitative estimate of drug-likeness (QED) is 0.709. The molecule has 0 atom stereocenters. The highest BCUT2D eigenvalue weighted by Gasteiger charge is 2.16. The van der Waals surface area contributed by atoms with Gasteiger partial charge in [-0.2, -0.15) is 0 Å². The first-order chi connectivity index (χ1) is 8.98. The van der Waals surface area contributed by atoms with Crippen LogP contribution < -0.4 is 11.1 Å². The Labute approximate surface area is 115 Å². The molecule has 0 fully saturated rings. The minimum absolute atomic E-state index is 0.311. The van der Waals surface area contributed by atoms with Gasteiger partial charge in [0.25, 0.3) is 0 Å². The number of nitrogens with one attached hydrogen (secondary N) is 1. The molecule has 0 spiro atoms. The van der Waals surface area contributed by atoms with E-state index in [1.165, 1.54) is 18.4 Å². The van der Waals surface area contributed by atoms with Gasteiger partial charge in [0.1, 0.15) is 0 Å². The molecule has 108 valence electrons. The molecule has 0 radical (unpaired) electrons. The van der Waals surface area contributed by atoms with Gasteiger partial charge >= 0.3 is 0 Å². The van der Waals surface area contributed by atoms with Crippen LogP contribution in [0.3, 0.4) is 0 Å². The van der Waals surface area contributed by atoms with Gasteiger partial charge in [-0.15, -0.1) is 0 Å². The van der Waals surface area contributed by atoms with E-state index in [1.807, 2.05) is 0 Å². The summed E-state index contributed by atoms with van der Waals surface area (Å²) in [6.07, 6.45) is 3.22. The molecule has 0 saturated carbocycles. The third-order valence-electron chi connectivity index (χ3n) is 2.84. The average Bonchev–Trinajstić information content (AvgIpc) is 2.39. The summed E-state index contributed by atoms with van der Waals surface area (Å²) < 4.78 is 24.9. The molecule has 0 unspecified atom stereocenters. The van der Waals surface area contributed by atoms with E-state index in [0.717, 1.165) is 38.0 Å². The third-order valence-corrected chi connectivity index (χ3v) is 4.67. The van der Waals surface area contributed by atoms with Crippen molar-refractivity contribution in [2.24, 2.45) is 5.73 Å². The lowest BCUT2D eigenvalue weighted by atomic mass is 10.2. The lowest BCUT2D eigenvalue weighted by Gasteiger charge is -2.12. The molecule has 0 aliphatic rings. The topological polar surface area (TPSA) is 75.4 Å². The van der Waals surface area contributed by atoms with Gasteiger partial charge in [-0.25, -0.2) is 12.7 Å². The fraction of sp³-hybridized carbons (Fsp3) is 0.538. The molecule has 1 aromatic rings. The highest BCUT2D eigenvalue weighted by atomic mass is 32.2. The fourth-order valence-electron chi connectivity index (χ4n) is 1.63. The normalized spacial score (nSPS) is 11.8. The van der Waals surface area contributed by atoms with Crippen LogP contribution in [0.15, 0.2) is 29.2 Å². The Bertz CT molecular complexity index is 469. The SMILES string of the molecule is CN(C)S(=O)(=O)c1ccc(NCCCCCN)cc1. The van der Waals surface area contributed by atoms with E-state index in [-0.39, 0.29) is 0 Å². The second-order valence-electron chi connectivity index (χ2n) is 4.59. The largest absolute Gasteiger partial charge is 0.385 e. The van der Waals surface area contributed by atoms with Crippen LogP contribution in [-0.2, 0) is 10.0 Å². The van der Waals surface area contributed by atoms with Crippen LogP contribution in [0.5, 0.6) is 0 Å². The summed E-state index contributed by atoms with van der Waals surface area (Å²) >= 11 is 0. The van der Waals surface area contributed by atoms with Crippen molar-refractivity contribution in [2.75, 3.05) is 32.5 Å². The van der Waals surface area contributed by atoms with Gasteiger partial charge in [0.15, 0.2) is 0 Å². The number of nitrogens with zero attached hydrogens (tertiary/aromatic N) is 1. The number of anilines is 1. The van der Waals surface area contributed by atoms with E-state index >= 15 is 0 Å². The molecule has 0 saturated heterocycles. The molecule has 0 aliphatic heterocycles. The molecule has 0 bridgehead atoms. The maximum absolute atomic E-state index is 11.9. The first-order valence-electron chi connectivity index (χ1n) is 6.45. The lowest BCUT2D eigenvalue weighted by molar-refractivity contribution is 0.521. The summed E-state index contributed by atoms with van der Waals surface area (Å²) in [7, 11) is -0.281.